The van der Waals surface area contributed by atoms with E-state index in [0.29, 0.717) is 5.69 Å². The van der Waals surface area contributed by atoms with E-state index >= 15 is 0 Å². The predicted molar refractivity (Wildman–Crippen MR) is 70.0 cm³/mol. The Kier molecular flexibility index (Phi) is 4.74. The maximum absolute atomic E-state index is 12.0. The van der Waals surface area contributed by atoms with E-state index in [1.165, 1.54) is 18.2 Å². The summed E-state index contributed by atoms with van der Waals surface area (Å²) in [7, 11) is -6.91. The van der Waals surface area contributed by atoms with E-state index in [2.05, 4.69) is 9.50 Å². The van der Waals surface area contributed by atoms with Gasteiger partial charge in [-0.3, -0.25) is 4.55 Å². The Bertz CT molecular complexity index is 653. The summed E-state index contributed by atoms with van der Waals surface area (Å²) in [5, 5.41) is 2.69. The molecule has 0 saturated heterocycles. The lowest BCUT2D eigenvalue weighted by molar-refractivity contribution is 0.284. The second-order valence-corrected chi connectivity index (χ2v) is 6.74. The molecule has 1 rings (SSSR count). The minimum absolute atomic E-state index is 0.0612. The van der Waals surface area contributed by atoms with Crippen molar-refractivity contribution in [2.75, 3.05) is 30.5 Å². The maximum atomic E-state index is 12.0. The maximum Gasteiger partial charge on any atom is 0.397 e. The van der Waals surface area contributed by atoms with E-state index in [-0.39, 0.29) is 10.6 Å². The summed E-state index contributed by atoms with van der Waals surface area (Å²) in [6.45, 7) is -0.681. The fraction of sp³-hybridized carbons (Fsp3) is 0.333. The van der Waals surface area contributed by atoms with E-state index in [4.69, 9.17) is 10.3 Å². The third kappa shape index (κ3) is 4.67. The molecule has 0 saturated carbocycles. The number of benzene rings is 1. The van der Waals surface area contributed by atoms with Gasteiger partial charge in [-0.25, -0.2) is 12.6 Å². The number of nitrogens with one attached hydrogen (secondary N) is 1. The molecule has 0 aliphatic heterocycles. The zero-order chi connectivity index (χ0) is 14.7. The van der Waals surface area contributed by atoms with Crippen LogP contribution in [0.1, 0.15) is 0 Å². The van der Waals surface area contributed by atoms with Crippen LogP contribution >= 0.6 is 0 Å². The largest absolute Gasteiger partial charge is 0.399 e. The summed E-state index contributed by atoms with van der Waals surface area (Å²) in [5.41, 5.74) is 6.11. The number of sulfone groups is 1. The number of nitrogen functional groups attached to an aromatic ring is 1. The highest BCUT2D eigenvalue weighted by Crippen LogP contribution is 2.24. The van der Waals surface area contributed by atoms with E-state index < -0.39 is 32.6 Å². The topological polar surface area (TPSA) is 136 Å². The van der Waals surface area contributed by atoms with Crippen molar-refractivity contribution in [3.63, 3.8) is 0 Å². The van der Waals surface area contributed by atoms with Gasteiger partial charge in [0.05, 0.1) is 22.9 Å². The van der Waals surface area contributed by atoms with Gasteiger partial charge in [-0.2, -0.15) is 8.42 Å². The van der Waals surface area contributed by atoms with Gasteiger partial charge in [0, 0.05) is 12.7 Å². The van der Waals surface area contributed by atoms with Crippen LogP contribution < -0.4 is 11.1 Å². The van der Waals surface area contributed by atoms with E-state index in [1.54, 1.807) is 7.05 Å². The Hall–Kier alpha value is -1.36. The first-order chi connectivity index (χ1) is 8.65. The molecule has 0 heterocycles. The van der Waals surface area contributed by atoms with E-state index in [0.717, 1.165) is 0 Å². The lowest BCUT2D eigenvalue weighted by atomic mass is 10.3. The van der Waals surface area contributed by atoms with Crippen molar-refractivity contribution in [3.8, 4) is 0 Å². The fourth-order valence-corrected chi connectivity index (χ4v) is 3.10. The molecule has 0 atom stereocenters. The minimum Gasteiger partial charge on any atom is -0.399 e. The lowest BCUT2D eigenvalue weighted by Gasteiger charge is -2.10. The molecule has 0 unspecified atom stereocenters. The number of hydrogen-bond donors (Lipinski definition) is 3. The monoisotopic (exact) mass is 310 g/mol. The number of nitrogens with two attached hydrogens (primary N) is 1. The Morgan fingerprint density at radius 3 is 2.47 bits per heavy atom. The average molecular weight is 310 g/mol. The van der Waals surface area contributed by atoms with Crippen LogP contribution in [0.5, 0.6) is 0 Å². The highest BCUT2D eigenvalue weighted by atomic mass is 32.3. The van der Waals surface area contributed by atoms with Crippen molar-refractivity contribution in [1.82, 2.24) is 0 Å². The number of rotatable bonds is 6. The highest BCUT2D eigenvalue weighted by Gasteiger charge is 2.20. The quantitative estimate of drug-likeness (QED) is 0.489. The molecule has 8 nitrogen and oxygen atoms in total. The van der Waals surface area contributed by atoms with Crippen LogP contribution in [0.2, 0.25) is 0 Å². The summed E-state index contributed by atoms with van der Waals surface area (Å²) >= 11 is 0. The molecule has 108 valence electrons. The molecule has 0 aliphatic rings. The molecule has 0 bridgehead atoms. The highest BCUT2D eigenvalue weighted by molar-refractivity contribution is 7.91. The molecule has 0 aromatic heterocycles. The zero-order valence-corrected chi connectivity index (χ0v) is 11.7. The van der Waals surface area contributed by atoms with Crippen molar-refractivity contribution in [1.29, 1.82) is 0 Å². The van der Waals surface area contributed by atoms with Gasteiger partial charge in [-0.1, -0.05) is 0 Å². The third-order valence-corrected chi connectivity index (χ3v) is 4.37. The smallest absolute Gasteiger partial charge is 0.397 e. The van der Waals surface area contributed by atoms with Gasteiger partial charge in [0.15, 0.2) is 9.84 Å². The first-order valence-corrected chi connectivity index (χ1v) is 8.09. The summed E-state index contributed by atoms with van der Waals surface area (Å²) in [6.07, 6.45) is 0. The zero-order valence-electron chi connectivity index (χ0n) is 10.0. The van der Waals surface area contributed by atoms with E-state index in [9.17, 15) is 16.8 Å². The Morgan fingerprint density at radius 1 is 1.32 bits per heavy atom. The second-order valence-electron chi connectivity index (χ2n) is 3.57. The first kappa shape index (κ1) is 15.7. The van der Waals surface area contributed by atoms with Crippen LogP contribution in [0, 0.1) is 0 Å². The molecule has 19 heavy (non-hydrogen) atoms. The third-order valence-electron chi connectivity index (χ3n) is 2.19. The molecule has 1 aromatic carbocycles. The summed E-state index contributed by atoms with van der Waals surface area (Å²) in [6, 6.07) is 4.28. The molecule has 0 radical (unpaired) electrons. The van der Waals surface area contributed by atoms with Crippen molar-refractivity contribution >= 4 is 31.6 Å². The average Bonchev–Trinajstić information content (AvgIpc) is 2.27. The van der Waals surface area contributed by atoms with Crippen LogP contribution in [0.4, 0.5) is 11.4 Å². The molecule has 0 spiro atoms. The standard InChI is InChI=1S/C9H14N2O6S2/c1-11-8-3-2-7(10)6-9(8)18(12,13)5-4-17-19(14,15)16/h2-3,6,11H,4-5,10H2,1H3,(H,14,15,16). The molecule has 0 aliphatic carbocycles. The molecule has 1 aromatic rings. The predicted octanol–water partition coefficient (Wildman–Crippen LogP) is -0.0964. The normalized spacial score (nSPS) is 12.3. The van der Waals surface area contributed by atoms with Gasteiger partial charge >= 0.3 is 10.4 Å². The number of anilines is 2. The molecule has 4 N–H and O–H groups in total. The van der Waals surface area contributed by atoms with Gasteiger partial charge < -0.3 is 11.1 Å². The van der Waals surface area contributed by atoms with Gasteiger partial charge in [0.1, 0.15) is 0 Å². The minimum atomic E-state index is -4.66. The van der Waals surface area contributed by atoms with Crippen molar-refractivity contribution < 1.29 is 25.6 Å². The molecule has 0 fully saturated rings. The molecule has 0 amide bonds. The number of hydrogen-bond acceptors (Lipinski definition) is 7. The molecule has 10 heteroatoms. The van der Waals surface area contributed by atoms with Gasteiger partial charge in [0.2, 0.25) is 0 Å². The van der Waals surface area contributed by atoms with Crippen molar-refractivity contribution in [2.45, 2.75) is 4.90 Å². The summed E-state index contributed by atoms with van der Waals surface area (Å²) in [5.74, 6) is -0.606. The van der Waals surface area contributed by atoms with Crippen LogP contribution in [-0.4, -0.2) is 40.8 Å². The van der Waals surface area contributed by atoms with Crippen molar-refractivity contribution in [3.05, 3.63) is 18.2 Å². The van der Waals surface area contributed by atoms with Crippen LogP contribution in [0.25, 0.3) is 0 Å². The SMILES string of the molecule is CNc1ccc(N)cc1S(=O)(=O)CCOS(=O)(=O)O. The fourth-order valence-electron chi connectivity index (χ4n) is 1.36. The van der Waals surface area contributed by atoms with Crippen LogP contribution in [0.3, 0.4) is 0 Å². The lowest BCUT2D eigenvalue weighted by Crippen LogP contribution is -2.16. The Labute approximate surface area is 111 Å². The van der Waals surface area contributed by atoms with E-state index in [1.807, 2.05) is 0 Å². The van der Waals surface area contributed by atoms with Crippen LogP contribution in [-0.2, 0) is 24.4 Å². The first-order valence-electron chi connectivity index (χ1n) is 5.07. The van der Waals surface area contributed by atoms with Crippen molar-refractivity contribution in [2.24, 2.45) is 0 Å². The van der Waals surface area contributed by atoms with Gasteiger partial charge in [0.25, 0.3) is 0 Å². The summed E-state index contributed by atoms with van der Waals surface area (Å²) < 4.78 is 57.0. The van der Waals surface area contributed by atoms with Gasteiger partial charge in [-0.05, 0) is 18.2 Å². The summed E-state index contributed by atoms with van der Waals surface area (Å²) in [4.78, 5) is -0.0612. The Balaban J connectivity index is 2.97. The molecular weight excluding hydrogens is 296 g/mol. The Morgan fingerprint density at radius 2 is 1.95 bits per heavy atom. The van der Waals surface area contributed by atoms with Gasteiger partial charge in [-0.15, -0.1) is 0 Å². The molecular formula is C9H14N2O6S2. The van der Waals surface area contributed by atoms with Crippen LogP contribution in [0.15, 0.2) is 23.1 Å². The second kappa shape index (κ2) is 5.74.